The third-order valence-corrected chi connectivity index (χ3v) is 4.99. The summed E-state index contributed by atoms with van der Waals surface area (Å²) in [6, 6.07) is 6.86. The summed E-state index contributed by atoms with van der Waals surface area (Å²) < 4.78 is 17.6. The van der Waals surface area contributed by atoms with Gasteiger partial charge in [0.15, 0.2) is 0 Å². The van der Waals surface area contributed by atoms with E-state index in [4.69, 9.17) is 14.2 Å². The molecule has 1 aliphatic rings. The van der Waals surface area contributed by atoms with Crippen molar-refractivity contribution < 1.29 is 19.0 Å². The summed E-state index contributed by atoms with van der Waals surface area (Å²) in [5.41, 5.74) is 1.92. The number of ether oxygens (including phenoxy) is 3. The van der Waals surface area contributed by atoms with Gasteiger partial charge in [-0.15, -0.1) is 0 Å². The first-order valence-electron chi connectivity index (χ1n) is 9.38. The van der Waals surface area contributed by atoms with Gasteiger partial charge < -0.3 is 24.1 Å². The summed E-state index contributed by atoms with van der Waals surface area (Å²) in [5.74, 6) is 1.37. The first-order valence-corrected chi connectivity index (χ1v) is 9.38. The Hall–Kier alpha value is -2.96. The van der Waals surface area contributed by atoms with E-state index < -0.39 is 0 Å². The van der Waals surface area contributed by atoms with Crippen molar-refractivity contribution in [1.29, 1.82) is 0 Å². The molecule has 0 bridgehead atoms. The van der Waals surface area contributed by atoms with Crippen LogP contribution < -0.4 is 25.1 Å². The van der Waals surface area contributed by atoms with Gasteiger partial charge in [-0.2, -0.15) is 0 Å². The van der Waals surface area contributed by atoms with Crippen molar-refractivity contribution in [2.75, 3.05) is 21.3 Å². The minimum atomic E-state index is -0.260. The molecule has 0 unspecified atom stereocenters. The van der Waals surface area contributed by atoms with Crippen LogP contribution >= 0.6 is 0 Å². The van der Waals surface area contributed by atoms with Crippen LogP contribution in [0.2, 0.25) is 0 Å². The molecule has 1 amide bonds. The Kier molecular flexibility index (Phi) is 6.23. The van der Waals surface area contributed by atoms with Gasteiger partial charge in [-0.1, -0.05) is 6.42 Å². The zero-order chi connectivity index (χ0) is 20.1. The Labute approximate surface area is 164 Å². The Morgan fingerprint density at radius 3 is 2.36 bits per heavy atom. The van der Waals surface area contributed by atoms with E-state index in [1.807, 2.05) is 12.1 Å². The molecule has 150 valence electrons. The number of benzene rings is 1. The summed E-state index contributed by atoms with van der Waals surface area (Å²) >= 11 is 0. The molecule has 1 aliphatic heterocycles. The minimum absolute atomic E-state index is 0.122. The van der Waals surface area contributed by atoms with Crippen LogP contribution in [0.3, 0.4) is 0 Å². The number of fused-ring (bicyclic) bond motifs is 1. The van der Waals surface area contributed by atoms with E-state index in [1.54, 1.807) is 24.9 Å². The fourth-order valence-electron chi connectivity index (χ4n) is 3.56. The number of nitrogens with one attached hydrogen (secondary N) is 1. The van der Waals surface area contributed by atoms with Gasteiger partial charge >= 0.3 is 0 Å². The lowest BCUT2D eigenvalue weighted by Gasteiger charge is -2.17. The van der Waals surface area contributed by atoms with E-state index in [9.17, 15) is 9.59 Å². The van der Waals surface area contributed by atoms with Gasteiger partial charge in [-0.05, 0) is 37.0 Å². The number of methoxy groups -OCH3 is 3. The van der Waals surface area contributed by atoms with Crippen LogP contribution in [0, 0.1) is 0 Å². The van der Waals surface area contributed by atoms with Crippen LogP contribution in [0.4, 0.5) is 0 Å². The molecule has 0 fully saturated rings. The Morgan fingerprint density at radius 1 is 1.00 bits per heavy atom. The number of hydrogen-bond donors (Lipinski definition) is 1. The van der Waals surface area contributed by atoms with Crippen LogP contribution in [-0.4, -0.2) is 31.8 Å². The highest BCUT2D eigenvalue weighted by Gasteiger charge is 2.23. The van der Waals surface area contributed by atoms with Crippen molar-refractivity contribution in [3.8, 4) is 17.2 Å². The maximum atomic E-state index is 13.0. The molecule has 1 N–H and O–H groups in total. The summed E-state index contributed by atoms with van der Waals surface area (Å²) in [7, 11) is 4.64. The molecule has 0 saturated carbocycles. The average molecular weight is 386 g/mol. The molecule has 0 spiro atoms. The third-order valence-electron chi connectivity index (χ3n) is 4.99. The maximum absolute atomic E-state index is 13.0. The maximum Gasteiger partial charge on any atom is 0.257 e. The molecule has 28 heavy (non-hydrogen) atoms. The molecule has 0 atom stereocenters. The van der Waals surface area contributed by atoms with E-state index >= 15 is 0 Å². The summed E-state index contributed by atoms with van der Waals surface area (Å²) in [6.07, 6.45) is 3.60. The number of carbonyl (C=O) groups is 1. The second-order valence-electron chi connectivity index (χ2n) is 6.74. The molecule has 0 radical (unpaired) electrons. The lowest BCUT2D eigenvalue weighted by molar-refractivity contribution is 0.0945. The molecule has 3 rings (SSSR count). The number of amides is 1. The van der Waals surface area contributed by atoms with Crippen LogP contribution in [0.15, 0.2) is 29.1 Å². The SMILES string of the molecule is COc1cc(CNC(=O)c2c(OC)cc(=O)n3c2CCCCC3)cc(OC)c1. The van der Waals surface area contributed by atoms with Gasteiger partial charge in [0.05, 0.1) is 21.3 Å². The average Bonchev–Trinajstić information content (AvgIpc) is 2.97. The quantitative estimate of drug-likeness (QED) is 0.825. The Morgan fingerprint density at radius 2 is 1.71 bits per heavy atom. The monoisotopic (exact) mass is 386 g/mol. The lowest BCUT2D eigenvalue weighted by Crippen LogP contribution is -2.30. The van der Waals surface area contributed by atoms with Crippen LogP contribution in [0.25, 0.3) is 0 Å². The first-order chi connectivity index (χ1) is 13.6. The van der Waals surface area contributed by atoms with Crippen molar-refractivity contribution >= 4 is 5.91 Å². The highest BCUT2D eigenvalue weighted by atomic mass is 16.5. The van der Waals surface area contributed by atoms with E-state index in [1.165, 1.54) is 13.2 Å². The number of hydrogen-bond acceptors (Lipinski definition) is 5. The Balaban J connectivity index is 1.90. The highest BCUT2D eigenvalue weighted by molar-refractivity contribution is 5.98. The molecule has 2 aromatic rings. The number of aromatic nitrogens is 1. The molecule has 2 heterocycles. The second-order valence-corrected chi connectivity index (χ2v) is 6.74. The molecule has 1 aromatic heterocycles. The largest absolute Gasteiger partial charge is 0.497 e. The summed E-state index contributed by atoms with van der Waals surface area (Å²) in [4.78, 5) is 25.4. The predicted octanol–water partition coefficient (Wildman–Crippen LogP) is 2.53. The number of carbonyl (C=O) groups excluding carboxylic acids is 1. The van der Waals surface area contributed by atoms with Crippen LogP contribution in [-0.2, 0) is 19.5 Å². The minimum Gasteiger partial charge on any atom is -0.497 e. The smallest absolute Gasteiger partial charge is 0.257 e. The fraction of sp³-hybridized carbons (Fsp3) is 0.429. The van der Waals surface area contributed by atoms with E-state index in [2.05, 4.69) is 5.32 Å². The van der Waals surface area contributed by atoms with Gasteiger partial charge in [0.2, 0.25) is 0 Å². The lowest BCUT2D eigenvalue weighted by atomic mass is 10.1. The van der Waals surface area contributed by atoms with Crippen molar-refractivity contribution in [1.82, 2.24) is 9.88 Å². The summed E-state index contributed by atoms with van der Waals surface area (Å²) in [6.45, 7) is 0.930. The van der Waals surface area contributed by atoms with E-state index in [0.717, 1.165) is 30.5 Å². The van der Waals surface area contributed by atoms with Gasteiger partial charge in [-0.3, -0.25) is 9.59 Å². The van der Waals surface area contributed by atoms with E-state index in [-0.39, 0.29) is 11.5 Å². The molecule has 7 nitrogen and oxygen atoms in total. The second kappa shape index (κ2) is 8.82. The van der Waals surface area contributed by atoms with Crippen molar-refractivity contribution in [2.45, 2.75) is 38.8 Å². The van der Waals surface area contributed by atoms with E-state index in [0.29, 0.717) is 42.3 Å². The first kappa shape index (κ1) is 19.8. The number of pyridine rings is 1. The van der Waals surface area contributed by atoms with Crippen LogP contribution in [0.5, 0.6) is 17.2 Å². The molecule has 7 heteroatoms. The van der Waals surface area contributed by atoms with Gasteiger partial charge in [0.1, 0.15) is 22.8 Å². The number of nitrogens with zero attached hydrogens (tertiary/aromatic N) is 1. The van der Waals surface area contributed by atoms with Crippen molar-refractivity contribution in [3.63, 3.8) is 0 Å². The molecule has 1 aromatic carbocycles. The highest BCUT2D eigenvalue weighted by Crippen LogP contribution is 2.26. The molecule has 0 aliphatic carbocycles. The third kappa shape index (κ3) is 4.13. The fourth-order valence-corrected chi connectivity index (χ4v) is 3.56. The molecule has 0 saturated heterocycles. The normalized spacial score (nSPS) is 13.2. The topological polar surface area (TPSA) is 78.8 Å². The number of rotatable bonds is 6. The van der Waals surface area contributed by atoms with Crippen molar-refractivity contribution in [2.24, 2.45) is 0 Å². The van der Waals surface area contributed by atoms with Gasteiger partial charge in [0.25, 0.3) is 11.5 Å². The molecular formula is C21H26N2O5. The van der Waals surface area contributed by atoms with Gasteiger partial charge in [0, 0.05) is 30.9 Å². The molecular weight excluding hydrogens is 360 g/mol. The van der Waals surface area contributed by atoms with Crippen molar-refractivity contribution in [3.05, 3.63) is 51.4 Å². The predicted molar refractivity (Wildman–Crippen MR) is 106 cm³/mol. The zero-order valence-electron chi connectivity index (χ0n) is 16.5. The Bertz CT molecular complexity index is 897. The zero-order valence-corrected chi connectivity index (χ0v) is 16.5. The van der Waals surface area contributed by atoms with Crippen LogP contribution in [0.1, 0.15) is 40.9 Å². The summed E-state index contributed by atoms with van der Waals surface area (Å²) in [5, 5.41) is 2.94. The standard InChI is InChI=1S/C21H26N2O5/c1-26-15-9-14(10-16(11-15)27-2)13-22-21(25)20-17-7-5-4-6-8-23(17)19(24)12-18(20)28-3/h9-12H,4-8,13H2,1-3H3,(H,22,25). The van der Waals surface area contributed by atoms with Gasteiger partial charge in [-0.25, -0.2) is 0 Å².